The Morgan fingerprint density at radius 3 is 2.49 bits per heavy atom. The van der Waals surface area contributed by atoms with Gasteiger partial charge in [0, 0.05) is 34.7 Å². The molecule has 1 fully saturated rings. The molecule has 208 valence electrons. The zero-order valence-corrected chi connectivity index (χ0v) is 22.8. The van der Waals surface area contributed by atoms with E-state index < -0.39 is 23.7 Å². The number of benzene rings is 2. The molecule has 1 aliphatic heterocycles. The molecule has 0 radical (unpaired) electrons. The number of phenols is 2. The van der Waals surface area contributed by atoms with Crippen molar-refractivity contribution in [2.75, 3.05) is 6.54 Å². The maximum Gasteiger partial charge on any atom is 0.233 e. The van der Waals surface area contributed by atoms with Crippen molar-refractivity contribution in [2.45, 2.75) is 38.5 Å². The fourth-order valence-electron chi connectivity index (χ4n) is 7.07. The minimum absolute atomic E-state index is 0.0460. The average molecular weight is 550 g/mol. The van der Waals surface area contributed by atoms with Crippen LogP contribution in [0, 0.1) is 17.8 Å². The van der Waals surface area contributed by atoms with Crippen molar-refractivity contribution in [3.63, 3.8) is 0 Å². The predicted octanol–water partition coefficient (Wildman–Crippen LogP) is 4.50. The van der Waals surface area contributed by atoms with Crippen molar-refractivity contribution in [3.05, 3.63) is 106 Å². The van der Waals surface area contributed by atoms with Crippen LogP contribution in [0.2, 0.25) is 0 Å². The summed E-state index contributed by atoms with van der Waals surface area (Å²) in [6.07, 6.45) is 6.44. The molecule has 7 nitrogen and oxygen atoms in total. The summed E-state index contributed by atoms with van der Waals surface area (Å²) in [5, 5.41) is 20.9. The molecule has 1 saturated heterocycles. The van der Waals surface area contributed by atoms with Crippen LogP contribution in [-0.2, 0) is 32.0 Å². The molecule has 2 aromatic carbocycles. The topological polar surface area (TPSA) is 112 Å². The van der Waals surface area contributed by atoms with Gasteiger partial charge in [-0.1, -0.05) is 48.1 Å². The fourth-order valence-corrected chi connectivity index (χ4v) is 7.07. The van der Waals surface area contributed by atoms with Gasteiger partial charge in [-0.25, -0.2) is 0 Å². The number of hydrogen-bond acceptors (Lipinski definition) is 6. The molecule has 1 heterocycles. The second kappa shape index (κ2) is 10.1. The van der Waals surface area contributed by atoms with E-state index in [2.05, 4.69) is 6.58 Å². The molecular weight excluding hydrogens is 518 g/mol. The number of phenolic OH excluding ortho intramolecular Hbond substituents is 2. The number of nitrogens with zero attached hydrogens (tertiary/aromatic N) is 1. The standard InChI is InChI=1S/C34H31NO6/c1-3-5-20-6-4-7-23(32(20)39)28-22-12-13-24-29(25(22)17-26-27(37)16-18(2)31(38)30(26)28)34(41)35(33(24)40)15-14-19-8-10-21(36)11-9-19/h3-4,6-12,16,24-25,28-29,36,39H,1,5,13-15,17H2,2H3. The molecular formula is C34H31NO6. The van der Waals surface area contributed by atoms with Crippen LogP contribution in [0.5, 0.6) is 11.5 Å². The lowest BCUT2D eigenvalue weighted by Gasteiger charge is -2.42. The summed E-state index contributed by atoms with van der Waals surface area (Å²) in [6.45, 7) is 5.62. The summed E-state index contributed by atoms with van der Waals surface area (Å²) >= 11 is 0. The molecule has 2 aromatic rings. The Morgan fingerprint density at radius 2 is 1.76 bits per heavy atom. The van der Waals surface area contributed by atoms with Crippen LogP contribution in [-0.4, -0.2) is 45.0 Å². The second-order valence-corrected chi connectivity index (χ2v) is 11.3. The number of Topliss-reactive ketones (excluding diaryl/α,β-unsaturated/α-hetero) is 1. The largest absolute Gasteiger partial charge is 0.508 e. The van der Waals surface area contributed by atoms with E-state index in [1.807, 2.05) is 12.1 Å². The molecule has 0 spiro atoms. The van der Waals surface area contributed by atoms with Crippen molar-refractivity contribution in [1.29, 1.82) is 0 Å². The van der Waals surface area contributed by atoms with Gasteiger partial charge in [0.1, 0.15) is 11.5 Å². The van der Waals surface area contributed by atoms with Gasteiger partial charge in [0.2, 0.25) is 11.8 Å². The Bertz CT molecular complexity index is 1610. The number of para-hydroxylation sites is 1. The van der Waals surface area contributed by atoms with Gasteiger partial charge in [-0.2, -0.15) is 0 Å². The summed E-state index contributed by atoms with van der Waals surface area (Å²) in [7, 11) is 0. The van der Waals surface area contributed by atoms with E-state index in [-0.39, 0.29) is 47.8 Å². The smallest absolute Gasteiger partial charge is 0.233 e. The highest BCUT2D eigenvalue weighted by Crippen LogP contribution is 2.56. The Balaban J connectivity index is 1.40. The first kappa shape index (κ1) is 26.7. The van der Waals surface area contributed by atoms with Crippen LogP contribution >= 0.6 is 0 Å². The maximum atomic E-state index is 13.9. The summed E-state index contributed by atoms with van der Waals surface area (Å²) in [6, 6.07) is 12.1. The van der Waals surface area contributed by atoms with Crippen LogP contribution in [0.15, 0.2) is 89.6 Å². The molecule has 2 amide bonds. The number of likely N-dealkylation sites (tertiary alicyclic amines) is 1. The third kappa shape index (κ3) is 4.27. The van der Waals surface area contributed by atoms with E-state index in [1.165, 1.54) is 11.0 Å². The first-order chi connectivity index (χ1) is 19.7. The van der Waals surface area contributed by atoms with E-state index in [0.29, 0.717) is 47.1 Å². The van der Waals surface area contributed by atoms with Gasteiger partial charge in [0.15, 0.2) is 11.6 Å². The van der Waals surface area contributed by atoms with Crippen LogP contribution < -0.4 is 0 Å². The summed E-state index contributed by atoms with van der Waals surface area (Å²) < 4.78 is 0. The normalized spacial score (nSPS) is 25.4. The van der Waals surface area contributed by atoms with E-state index in [4.69, 9.17) is 0 Å². The molecule has 7 heteroatoms. The molecule has 0 aromatic heterocycles. The van der Waals surface area contributed by atoms with E-state index >= 15 is 0 Å². The van der Waals surface area contributed by atoms with Gasteiger partial charge in [-0.3, -0.25) is 24.1 Å². The third-order valence-electron chi connectivity index (χ3n) is 9.04. The highest BCUT2D eigenvalue weighted by atomic mass is 16.3. The highest BCUT2D eigenvalue weighted by Gasteiger charge is 2.56. The lowest BCUT2D eigenvalue weighted by molar-refractivity contribution is -0.140. The van der Waals surface area contributed by atoms with Gasteiger partial charge in [-0.05, 0) is 67.9 Å². The Hall–Kier alpha value is -4.52. The minimum atomic E-state index is -0.691. The van der Waals surface area contributed by atoms with E-state index in [9.17, 15) is 29.4 Å². The molecule has 6 rings (SSSR count). The Labute approximate surface area is 238 Å². The number of imide groups is 1. The van der Waals surface area contributed by atoms with Gasteiger partial charge in [0.25, 0.3) is 0 Å². The zero-order chi connectivity index (χ0) is 29.0. The van der Waals surface area contributed by atoms with Crippen molar-refractivity contribution < 1.29 is 29.4 Å². The number of rotatable bonds is 6. The van der Waals surface area contributed by atoms with Gasteiger partial charge in [0.05, 0.1) is 11.8 Å². The SMILES string of the molecule is C=CCc1cccc(C2C3=CCC4C(=O)N(CCc5ccc(O)cc5)C(=O)C4C3CC3=C2C(=O)C(C)=CC3=O)c1O. The fraction of sp³-hybridized carbons (Fsp3) is 0.294. The number of fused-ring (bicyclic) bond motifs is 3. The summed E-state index contributed by atoms with van der Waals surface area (Å²) in [5.74, 6) is -3.10. The van der Waals surface area contributed by atoms with Crippen LogP contribution in [0.3, 0.4) is 0 Å². The Kier molecular flexibility index (Phi) is 6.60. The highest BCUT2D eigenvalue weighted by molar-refractivity contribution is 6.24. The average Bonchev–Trinajstić information content (AvgIpc) is 3.20. The number of ketones is 2. The molecule has 2 N–H and O–H groups in total. The lowest BCUT2D eigenvalue weighted by Crippen LogP contribution is -2.40. The van der Waals surface area contributed by atoms with Crippen LogP contribution in [0.25, 0.3) is 0 Å². The number of allylic oxidation sites excluding steroid dienone is 7. The van der Waals surface area contributed by atoms with Crippen LogP contribution in [0.4, 0.5) is 0 Å². The maximum absolute atomic E-state index is 13.9. The quantitative estimate of drug-likeness (QED) is 0.312. The molecule has 4 unspecified atom stereocenters. The Morgan fingerprint density at radius 1 is 1.00 bits per heavy atom. The summed E-state index contributed by atoms with van der Waals surface area (Å²) in [5.41, 5.74) is 3.96. The van der Waals surface area contributed by atoms with Gasteiger partial charge < -0.3 is 10.2 Å². The molecule has 0 saturated carbocycles. The first-order valence-corrected chi connectivity index (χ1v) is 14.0. The first-order valence-electron chi connectivity index (χ1n) is 14.0. The van der Waals surface area contributed by atoms with Gasteiger partial charge in [-0.15, -0.1) is 6.58 Å². The van der Waals surface area contributed by atoms with Gasteiger partial charge >= 0.3 is 0 Å². The van der Waals surface area contributed by atoms with Crippen molar-refractivity contribution >= 4 is 23.4 Å². The van der Waals surface area contributed by atoms with Crippen molar-refractivity contribution in [2.24, 2.45) is 17.8 Å². The predicted molar refractivity (Wildman–Crippen MR) is 152 cm³/mol. The lowest BCUT2D eigenvalue weighted by atomic mass is 9.59. The minimum Gasteiger partial charge on any atom is -0.508 e. The number of carbonyl (C=O) groups excluding carboxylic acids is 4. The number of hydrogen-bond donors (Lipinski definition) is 2. The molecule has 41 heavy (non-hydrogen) atoms. The molecule has 0 bridgehead atoms. The third-order valence-corrected chi connectivity index (χ3v) is 9.04. The van der Waals surface area contributed by atoms with E-state index in [0.717, 1.165) is 11.1 Å². The monoisotopic (exact) mass is 549 g/mol. The van der Waals surface area contributed by atoms with Crippen molar-refractivity contribution in [1.82, 2.24) is 4.90 Å². The second-order valence-electron chi connectivity index (χ2n) is 11.3. The molecule has 4 aliphatic rings. The number of carbonyl (C=O) groups is 4. The number of aromatic hydroxyl groups is 2. The van der Waals surface area contributed by atoms with Crippen LogP contribution in [0.1, 0.15) is 42.4 Å². The van der Waals surface area contributed by atoms with E-state index in [1.54, 1.807) is 49.4 Å². The molecule has 4 atom stereocenters. The zero-order valence-electron chi connectivity index (χ0n) is 22.8. The molecule has 3 aliphatic carbocycles. The number of amides is 2. The summed E-state index contributed by atoms with van der Waals surface area (Å²) in [4.78, 5) is 55.6. The van der Waals surface area contributed by atoms with Crippen molar-refractivity contribution in [3.8, 4) is 11.5 Å².